The maximum absolute atomic E-state index is 12.2. The van der Waals surface area contributed by atoms with E-state index in [-0.39, 0.29) is 24.3 Å². The molecule has 5 N–H and O–H groups in total. The second-order valence-corrected chi connectivity index (χ2v) is 5.35. The van der Waals surface area contributed by atoms with E-state index in [1.165, 1.54) is 0 Å². The Kier molecular flexibility index (Phi) is 10.8. The molecule has 114 valence electrons. The van der Waals surface area contributed by atoms with E-state index in [2.05, 4.69) is 0 Å². The summed E-state index contributed by atoms with van der Waals surface area (Å²) in [6.45, 7) is 1.38. The fraction of sp³-hybridized carbons (Fsp3) is 0.929. The van der Waals surface area contributed by atoms with E-state index in [1.807, 2.05) is 0 Å². The summed E-state index contributed by atoms with van der Waals surface area (Å²) < 4.78 is 0. The smallest absolute Gasteiger partial charge is 0.225 e. The largest absolute Gasteiger partial charge is 0.396 e. The fourth-order valence-corrected chi connectivity index (χ4v) is 2.37. The Balaban J connectivity index is 4.51. The number of aliphatic hydroxyl groups excluding tert-OH is 1. The maximum Gasteiger partial charge on any atom is 0.225 e. The van der Waals surface area contributed by atoms with Gasteiger partial charge < -0.3 is 21.5 Å². The first kappa shape index (κ1) is 18.4. The molecule has 0 aromatic rings. The van der Waals surface area contributed by atoms with Crippen LogP contribution in [0, 0.1) is 11.8 Å². The molecule has 0 aromatic carbocycles. The molecule has 0 bridgehead atoms. The highest BCUT2D eigenvalue weighted by atomic mass is 16.3. The minimum Gasteiger partial charge on any atom is -0.396 e. The number of nitrogens with two attached hydrogens (primary N) is 2. The molecule has 2 atom stereocenters. The van der Waals surface area contributed by atoms with Crippen molar-refractivity contribution < 1.29 is 9.90 Å². The van der Waals surface area contributed by atoms with Gasteiger partial charge in [0.25, 0.3) is 0 Å². The van der Waals surface area contributed by atoms with Crippen molar-refractivity contribution in [2.75, 3.05) is 33.8 Å². The summed E-state index contributed by atoms with van der Waals surface area (Å²) in [5.74, 6) is 0.0624. The summed E-state index contributed by atoms with van der Waals surface area (Å²) in [5, 5.41) is 9.56. The molecule has 0 saturated carbocycles. The predicted molar refractivity (Wildman–Crippen MR) is 78.6 cm³/mol. The summed E-state index contributed by atoms with van der Waals surface area (Å²) in [6, 6.07) is 0. The lowest BCUT2D eigenvalue weighted by molar-refractivity contribution is -0.135. The van der Waals surface area contributed by atoms with Gasteiger partial charge in [0.15, 0.2) is 0 Å². The van der Waals surface area contributed by atoms with Crippen LogP contribution in [-0.2, 0) is 4.79 Å². The molecule has 5 heteroatoms. The second kappa shape index (κ2) is 11.2. The number of nitrogens with zero attached hydrogens (tertiary/aromatic N) is 1. The zero-order valence-corrected chi connectivity index (χ0v) is 12.5. The summed E-state index contributed by atoms with van der Waals surface area (Å²) in [7, 11) is 3.54. The van der Waals surface area contributed by atoms with E-state index in [1.54, 1.807) is 19.0 Å². The van der Waals surface area contributed by atoms with Gasteiger partial charge in [0.1, 0.15) is 0 Å². The van der Waals surface area contributed by atoms with Gasteiger partial charge in [0.05, 0.1) is 0 Å². The number of amides is 1. The number of aliphatic hydroxyl groups is 1. The molecule has 0 aliphatic carbocycles. The van der Waals surface area contributed by atoms with Crippen LogP contribution in [0.25, 0.3) is 0 Å². The number of hydrogen-bond donors (Lipinski definition) is 3. The van der Waals surface area contributed by atoms with Gasteiger partial charge in [0.2, 0.25) is 5.91 Å². The molecule has 0 rings (SSSR count). The average Bonchev–Trinajstić information content (AvgIpc) is 2.40. The lowest BCUT2D eigenvalue weighted by atomic mass is 9.84. The third kappa shape index (κ3) is 7.50. The summed E-state index contributed by atoms with van der Waals surface area (Å²) in [4.78, 5) is 13.9. The van der Waals surface area contributed by atoms with Crippen LogP contribution < -0.4 is 11.5 Å². The van der Waals surface area contributed by atoms with E-state index in [0.29, 0.717) is 13.1 Å². The highest BCUT2D eigenvalue weighted by Crippen LogP contribution is 2.25. The molecule has 19 heavy (non-hydrogen) atoms. The third-order valence-electron chi connectivity index (χ3n) is 3.56. The molecule has 5 nitrogen and oxygen atoms in total. The molecule has 0 aliphatic rings. The van der Waals surface area contributed by atoms with Gasteiger partial charge in [-0.3, -0.25) is 4.79 Å². The van der Waals surface area contributed by atoms with Gasteiger partial charge in [-0.25, -0.2) is 0 Å². The maximum atomic E-state index is 12.2. The second-order valence-electron chi connectivity index (χ2n) is 5.35. The zero-order chi connectivity index (χ0) is 14.7. The zero-order valence-electron chi connectivity index (χ0n) is 12.5. The number of rotatable bonds is 11. The Bertz CT molecular complexity index is 235. The Morgan fingerprint density at radius 2 is 1.58 bits per heavy atom. The standard InChI is InChI=1S/C14H31N3O2/c1-17(2)14(19)13(8-4-6-10-16)12(11-18)7-3-5-9-15/h12-13,18H,3-11,15-16H2,1-2H3. The van der Waals surface area contributed by atoms with Crippen LogP contribution in [0.1, 0.15) is 38.5 Å². The van der Waals surface area contributed by atoms with Crippen LogP contribution >= 0.6 is 0 Å². The Labute approximate surface area is 117 Å². The van der Waals surface area contributed by atoms with Crippen LogP contribution in [0.5, 0.6) is 0 Å². The van der Waals surface area contributed by atoms with Crippen molar-refractivity contribution in [3.63, 3.8) is 0 Å². The molecule has 2 unspecified atom stereocenters. The van der Waals surface area contributed by atoms with Crippen LogP contribution in [-0.4, -0.2) is 49.7 Å². The quantitative estimate of drug-likeness (QED) is 0.480. The van der Waals surface area contributed by atoms with Crippen LogP contribution in [0.2, 0.25) is 0 Å². The first-order chi connectivity index (χ1) is 9.08. The van der Waals surface area contributed by atoms with Gasteiger partial charge in [-0.15, -0.1) is 0 Å². The van der Waals surface area contributed by atoms with Crippen molar-refractivity contribution in [3.8, 4) is 0 Å². The summed E-state index contributed by atoms with van der Waals surface area (Å²) in [6.07, 6.45) is 5.45. The number of carbonyl (C=O) groups is 1. The SMILES string of the molecule is CN(C)C(=O)C(CCCCN)C(CO)CCCCN. The van der Waals surface area contributed by atoms with Gasteiger partial charge in [-0.1, -0.05) is 12.8 Å². The molecule has 1 amide bonds. The first-order valence-corrected chi connectivity index (χ1v) is 7.30. The van der Waals surface area contributed by atoms with Gasteiger partial charge in [0, 0.05) is 26.6 Å². The lowest BCUT2D eigenvalue weighted by Gasteiger charge is -2.27. The Morgan fingerprint density at radius 3 is 2.00 bits per heavy atom. The molecule has 0 fully saturated rings. The van der Waals surface area contributed by atoms with Crippen molar-refractivity contribution in [2.24, 2.45) is 23.3 Å². The average molecular weight is 273 g/mol. The van der Waals surface area contributed by atoms with E-state index in [9.17, 15) is 9.90 Å². The molecular formula is C14H31N3O2. The topological polar surface area (TPSA) is 92.6 Å². The first-order valence-electron chi connectivity index (χ1n) is 7.30. The monoisotopic (exact) mass is 273 g/mol. The van der Waals surface area contributed by atoms with Crippen molar-refractivity contribution in [1.82, 2.24) is 4.90 Å². The minimum atomic E-state index is -0.0932. The van der Waals surface area contributed by atoms with Crippen LogP contribution in [0.4, 0.5) is 0 Å². The van der Waals surface area contributed by atoms with E-state index in [0.717, 1.165) is 38.5 Å². The van der Waals surface area contributed by atoms with Gasteiger partial charge in [-0.2, -0.15) is 0 Å². The Morgan fingerprint density at radius 1 is 1.05 bits per heavy atom. The van der Waals surface area contributed by atoms with E-state index in [4.69, 9.17) is 11.5 Å². The van der Waals surface area contributed by atoms with Gasteiger partial charge >= 0.3 is 0 Å². The Hall–Kier alpha value is -0.650. The van der Waals surface area contributed by atoms with Crippen LogP contribution in [0.3, 0.4) is 0 Å². The molecule has 0 heterocycles. The van der Waals surface area contributed by atoms with Crippen molar-refractivity contribution in [2.45, 2.75) is 38.5 Å². The van der Waals surface area contributed by atoms with Crippen molar-refractivity contribution in [1.29, 1.82) is 0 Å². The summed E-state index contributed by atoms with van der Waals surface area (Å²) in [5.41, 5.74) is 11.0. The van der Waals surface area contributed by atoms with Crippen LogP contribution in [0.15, 0.2) is 0 Å². The molecule has 0 radical (unpaired) electrons. The minimum absolute atomic E-state index is 0.0409. The summed E-state index contributed by atoms with van der Waals surface area (Å²) >= 11 is 0. The van der Waals surface area contributed by atoms with Gasteiger partial charge in [-0.05, 0) is 44.7 Å². The third-order valence-corrected chi connectivity index (χ3v) is 3.56. The van der Waals surface area contributed by atoms with Crippen molar-refractivity contribution >= 4 is 5.91 Å². The normalized spacial score (nSPS) is 14.2. The molecule has 0 aromatic heterocycles. The molecular weight excluding hydrogens is 242 g/mol. The lowest BCUT2D eigenvalue weighted by Crippen LogP contribution is -2.35. The molecule has 0 saturated heterocycles. The van der Waals surface area contributed by atoms with Crippen molar-refractivity contribution in [3.05, 3.63) is 0 Å². The highest BCUT2D eigenvalue weighted by molar-refractivity contribution is 5.78. The number of hydrogen-bond acceptors (Lipinski definition) is 4. The van der Waals surface area contributed by atoms with E-state index < -0.39 is 0 Å². The number of carbonyl (C=O) groups excluding carboxylic acids is 1. The molecule has 0 spiro atoms. The predicted octanol–water partition coefficient (Wildman–Crippen LogP) is 0.557. The molecule has 0 aliphatic heterocycles. The fourth-order valence-electron chi connectivity index (χ4n) is 2.37. The number of unbranched alkanes of at least 4 members (excludes halogenated alkanes) is 2. The van der Waals surface area contributed by atoms with E-state index >= 15 is 0 Å². The highest BCUT2D eigenvalue weighted by Gasteiger charge is 2.28.